The molecule has 0 aliphatic rings. The highest BCUT2D eigenvalue weighted by atomic mass is 35.5. The monoisotopic (exact) mass is 279 g/mol. The van der Waals surface area contributed by atoms with Crippen molar-refractivity contribution in [3.05, 3.63) is 70.0 Å². The molecule has 0 radical (unpaired) electrons. The summed E-state index contributed by atoms with van der Waals surface area (Å²) in [7, 11) is 0. The third-order valence-electron chi connectivity index (χ3n) is 2.79. The maximum absolute atomic E-state index is 13.5. The Morgan fingerprint density at radius 1 is 1.00 bits per heavy atom. The molecule has 2 aromatic carbocycles. The van der Waals surface area contributed by atoms with Gasteiger partial charge < -0.3 is 10.5 Å². The first-order valence-electron chi connectivity index (χ1n) is 5.98. The molecule has 0 aliphatic carbocycles. The molecule has 2 rings (SSSR count). The van der Waals surface area contributed by atoms with E-state index in [-0.39, 0.29) is 12.4 Å². The molecule has 0 unspecified atom stereocenters. The second kappa shape index (κ2) is 6.66. The Labute approximate surface area is 117 Å². The van der Waals surface area contributed by atoms with Gasteiger partial charge in [-0.05, 0) is 35.4 Å². The summed E-state index contributed by atoms with van der Waals surface area (Å²) >= 11 is 5.79. The molecule has 0 spiro atoms. The van der Waals surface area contributed by atoms with Crippen LogP contribution in [0.3, 0.4) is 0 Å². The zero-order chi connectivity index (χ0) is 13.7. The summed E-state index contributed by atoms with van der Waals surface area (Å²) < 4.78 is 19.0. The molecule has 0 fully saturated rings. The van der Waals surface area contributed by atoms with Crippen molar-refractivity contribution < 1.29 is 9.13 Å². The summed E-state index contributed by atoms with van der Waals surface area (Å²) in [4.78, 5) is 0. The van der Waals surface area contributed by atoms with Gasteiger partial charge in [0.1, 0.15) is 5.82 Å². The van der Waals surface area contributed by atoms with Crippen molar-refractivity contribution in [1.29, 1.82) is 0 Å². The first-order valence-corrected chi connectivity index (χ1v) is 6.36. The maximum Gasteiger partial charge on any atom is 0.128 e. The lowest BCUT2D eigenvalue weighted by atomic mass is 10.1. The van der Waals surface area contributed by atoms with Crippen LogP contribution >= 0.6 is 11.6 Å². The van der Waals surface area contributed by atoms with Gasteiger partial charge in [-0.15, -0.1) is 0 Å². The van der Waals surface area contributed by atoms with Gasteiger partial charge in [0.25, 0.3) is 0 Å². The Morgan fingerprint density at radius 2 is 1.68 bits per heavy atom. The highest BCUT2D eigenvalue weighted by Crippen LogP contribution is 2.14. The minimum atomic E-state index is -0.270. The molecule has 100 valence electrons. The van der Waals surface area contributed by atoms with Crippen molar-refractivity contribution in [2.45, 2.75) is 19.8 Å². The third kappa shape index (κ3) is 4.03. The Kier molecular flexibility index (Phi) is 4.91. The molecule has 0 atom stereocenters. The Hall–Kier alpha value is -1.42. The molecule has 0 bridgehead atoms. The van der Waals surface area contributed by atoms with Crippen molar-refractivity contribution in [2.24, 2.45) is 5.73 Å². The highest BCUT2D eigenvalue weighted by molar-refractivity contribution is 6.30. The summed E-state index contributed by atoms with van der Waals surface area (Å²) in [5.41, 5.74) is 7.95. The van der Waals surface area contributed by atoms with Crippen molar-refractivity contribution in [3.63, 3.8) is 0 Å². The van der Waals surface area contributed by atoms with Crippen LogP contribution in [0.4, 0.5) is 4.39 Å². The highest BCUT2D eigenvalue weighted by Gasteiger charge is 2.03. The summed E-state index contributed by atoms with van der Waals surface area (Å²) in [6, 6.07) is 12.2. The summed E-state index contributed by atoms with van der Waals surface area (Å²) in [5, 5.41) is 0.686. The van der Waals surface area contributed by atoms with E-state index < -0.39 is 0 Å². The fraction of sp³-hybridized carbons (Fsp3) is 0.200. The maximum atomic E-state index is 13.5. The zero-order valence-corrected chi connectivity index (χ0v) is 11.2. The van der Waals surface area contributed by atoms with Gasteiger partial charge in [-0.1, -0.05) is 29.8 Å². The molecule has 0 aliphatic heterocycles. The fourth-order valence-electron chi connectivity index (χ4n) is 1.73. The quantitative estimate of drug-likeness (QED) is 0.907. The van der Waals surface area contributed by atoms with E-state index in [2.05, 4.69) is 0 Å². The van der Waals surface area contributed by atoms with Crippen LogP contribution < -0.4 is 5.73 Å². The van der Waals surface area contributed by atoms with Crippen molar-refractivity contribution >= 4 is 11.6 Å². The van der Waals surface area contributed by atoms with Crippen LogP contribution in [0.5, 0.6) is 0 Å². The smallest absolute Gasteiger partial charge is 0.128 e. The number of halogens is 2. The van der Waals surface area contributed by atoms with Gasteiger partial charge in [0.15, 0.2) is 0 Å². The first-order chi connectivity index (χ1) is 9.19. The van der Waals surface area contributed by atoms with Gasteiger partial charge in [-0.25, -0.2) is 4.39 Å². The number of ether oxygens (including phenoxy) is 1. The van der Waals surface area contributed by atoms with Gasteiger partial charge in [0, 0.05) is 17.1 Å². The second-order valence-electron chi connectivity index (χ2n) is 4.25. The molecule has 2 N–H and O–H groups in total. The lowest BCUT2D eigenvalue weighted by Crippen LogP contribution is -2.01. The van der Waals surface area contributed by atoms with E-state index in [9.17, 15) is 4.39 Å². The number of hydrogen-bond donors (Lipinski definition) is 1. The van der Waals surface area contributed by atoms with E-state index in [1.165, 1.54) is 6.07 Å². The van der Waals surface area contributed by atoms with Crippen LogP contribution in [-0.4, -0.2) is 0 Å². The Morgan fingerprint density at radius 3 is 2.37 bits per heavy atom. The van der Waals surface area contributed by atoms with Crippen LogP contribution in [0.2, 0.25) is 5.02 Å². The molecule has 0 saturated carbocycles. The van der Waals surface area contributed by atoms with Crippen LogP contribution in [0.25, 0.3) is 0 Å². The largest absolute Gasteiger partial charge is 0.372 e. The van der Waals surface area contributed by atoms with E-state index in [0.717, 1.165) is 11.1 Å². The lowest BCUT2D eigenvalue weighted by Gasteiger charge is -2.07. The molecule has 0 saturated heterocycles. The molecule has 2 aromatic rings. The lowest BCUT2D eigenvalue weighted by molar-refractivity contribution is 0.105. The number of benzene rings is 2. The van der Waals surface area contributed by atoms with Gasteiger partial charge >= 0.3 is 0 Å². The normalized spacial score (nSPS) is 10.7. The molecule has 4 heteroatoms. The molecular weight excluding hydrogens is 265 g/mol. The van der Waals surface area contributed by atoms with E-state index in [0.29, 0.717) is 23.7 Å². The summed E-state index contributed by atoms with van der Waals surface area (Å²) in [6.07, 6.45) is 0. The standard InChI is InChI=1S/C15H15ClFNO/c16-14-4-1-11(2-5-14)9-19-10-13-7-12(8-18)3-6-15(13)17/h1-7H,8-10,18H2. The molecule has 19 heavy (non-hydrogen) atoms. The Bertz CT molecular complexity index is 542. The molecule has 0 aromatic heterocycles. The SMILES string of the molecule is NCc1ccc(F)c(COCc2ccc(Cl)cc2)c1. The van der Waals surface area contributed by atoms with Gasteiger partial charge in [-0.2, -0.15) is 0 Å². The zero-order valence-electron chi connectivity index (χ0n) is 10.4. The Balaban J connectivity index is 1.93. The minimum absolute atomic E-state index is 0.225. The molecular formula is C15H15ClFNO. The van der Waals surface area contributed by atoms with Crippen molar-refractivity contribution in [3.8, 4) is 0 Å². The van der Waals surface area contributed by atoms with Gasteiger partial charge in [0.2, 0.25) is 0 Å². The van der Waals surface area contributed by atoms with E-state index in [1.807, 2.05) is 12.1 Å². The van der Waals surface area contributed by atoms with E-state index >= 15 is 0 Å². The first kappa shape index (κ1) is 14.0. The van der Waals surface area contributed by atoms with Gasteiger partial charge in [-0.3, -0.25) is 0 Å². The van der Waals surface area contributed by atoms with Crippen LogP contribution in [0.1, 0.15) is 16.7 Å². The molecule has 2 nitrogen and oxygen atoms in total. The van der Waals surface area contributed by atoms with Crippen molar-refractivity contribution in [1.82, 2.24) is 0 Å². The van der Waals surface area contributed by atoms with E-state index in [1.54, 1.807) is 24.3 Å². The third-order valence-corrected chi connectivity index (χ3v) is 3.04. The van der Waals surface area contributed by atoms with Crippen LogP contribution in [0.15, 0.2) is 42.5 Å². The number of hydrogen-bond acceptors (Lipinski definition) is 2. The van der Waals surface area contributed by atoms with Crippen LogP contribution in [0, 0.1) is 5.82 Å². The number of rotatable bonds is 5. The molecule has 0 heterocycles. The number of nitrogens with two attached hydrogens (primary N) is 1. The average Bonchev–Trinajstić information content (AvgIpc) is 2.43. The van der Waals surface area contributed by atoms with E-state index in [4.69, 9.17) is 22.1 Å². The van der Waals surface area contributed by atoms with Crippen molar-refractivity contribution in [2.75, 3.05) is 0 Å². The summed E-state index contributed by atoms with van der Waals surface area (Å²) in [5.74, 6) is -0.270. The van der Waals surface area contributed by atoms with Crippen LogP contribution in [-0.2, 0) is 24.5 Å². The predicted octanol–water partition coefficient (Wildman–Crippen LogP) is 3.65. The average molecular weight is 280 g/mol. The van der Waals surface area contributed by atoms with Gasteiger partial charge in [0.05, 0.1) is 13.2 Å². The second-order valence-corrected chi connectivity index (χ2v) is 4.69. The summed E-state index contributed by atoms with van der Waals surface area (Å²) in [6.45, 7) is 1.04. The predicted molar refractivity (Wildman–Crippen MR) is 74.2 cm³/mol. The molecule has 0 amide bonds. The topological polar surface area (TPSA) is 35.2 Å². The fourth-order valence-corrected chi connectivity index (χ4v) is 1.85. The minimum Gasteiger partial charge on any atom is -0.372 e.